The van der Waals surface area contributed by atoms with Gasteiger partial charge in [-0.3, -0.25) is 14.6 Å². The minimum atomic E-state index is -0.457. The lowest BCUT2D eigenvalue weighted by molar-refractivity contribution is -0.118. The Morgan fingerprint density at radius 2 is 1.93 bits per heavy atom. The molecule has 0 saturated heterocycles. The van der Waals surface area contributed by atoms with Gasteiger partial charge in [-0.2, -0.15) is 5.10 Å². The molecule has 0 bridgehead atoms. The normalized spacial score (nSPS) is 16.3. The average molecular weight is 375 g/mol. The summed E-state index contributed by atoms with van der Waals surface area (Å²) in [6.07, 6.45) is 2.20. The Kier molecular flexibility index (Phi) is 4.65. The predicted molar refractivity (Wildman–Crippen MR) is 107 cm³/mol. The van der Waals surface area contributed by atoms with Crippen molar-refractivity contribution in [1.29, 1.82) is 0 Å². The number of hydrazone groups is 1. The van der Waals surface area contributed by atoms with Gasteiger partial charge in [0.2, 0.25) is 0 Å². The van der Waals surface area contributed by atoms with Gasteiger partial charge < -0.3 is 9.72 Å². The van der Waals surface area contributed by atoms with E-state index in [1.54, 1.807) is 5.01 Å². The Hall–Kier alpha value is -3.48. The van der Waals surface area contributed by atoms with Gasteiger partial charge in [0.05, 0.1) is 17.9 Å². The SMILES string of the molecule is CC(=O)C1CC(C(=O)NCc2cn3c(C)cccc3n2)=NN1c1ccccc1. The van der Waals surface area contributed by atoms with Crippen LogP contribution in [0.15, 0.2) is 59.8 Å². The highest BCUT2D eigenvalue weighted by atomic mass is 16.2. The van der Waals surface area contributed by atoms with Crippen LogP contribution in [0.1, 0.15) is 24.7 Å². The molecule has 1 N–H and O–H groups in total. The van der Waals surface area contributed by atoms with Crippen molar-refractivity contribution >= 4 is 28.7 Å². The van der Waals surface area contributed by atoms with Gasteiger partial charge in [-0.05, 0) is 38.1 Å². The molecule has 3 heterocycles. The van der Waals surface area contributed by atoms with E-state index in [1.165, 1.54) is 6.92 Å². The summed E-state index contributed by atoms with van der Waals surface area (Å²) in [6, 6.07) is 14.8. The Morgan fingerprint density at radius 3 is 2.64 bits per heavy atom. The largest absolute Gasteiger partial charge is 0.345 e. The summed E-state index contributed by atoms with van der Waals surface area (Å²) in [5, 5.41) is 8.92. The molecular formula is C21H21N5O2. The van der Waals surface area contributed by atoms with Crippen molar-refractivity contribution in [3.8, 4) is 0 Å². The molecule has 1 unspecified atom stereocenters. The molecule has 1 aromatic carbocycles. The maximum absolute atomic E-state index is 12.6. The first-order valence-corrected chi connectivity index (χ1v) is 9.17. The Bertz CT molecular complexity index is 1070. The highest BCUT2D eigenvalue weighted by Crippen LogP contribution is 2.25. The number of nitrogens with one attached hydrogen (secondary N) is 1. The topological polar surface area (TPSA) is 79.1 Å². The van der Waals surface area contributed by atoms with Crippen LogP contribution >= 0.6 is 0 Å². The molecular weight excluding hydrogens is 354 g/mol. The van der Waals surface area contributed by atoms with Gasteiger partial charge in [0.15, 0.2) is 5.78 Å². The summed E-state index contributed by atoms with van der Waals surface area (Å²) in [6.45, 7) is 3.83. The molecule has 1 amide bonds. The number of pyridine rings is 1. The average Bonchev–Trinajstić information content (AvgIpc) is 3.32. The number of anilines is 1. The third kappa shape index (κ3) is 3.38. The van der Waals surface area contributed by atoms with Crippen molar-refractivity contribution < 1.29 is 9.59 Å². The molecule has 2 aromatic heterocycles. The van der Waals surface area contributed by atoms with Gasteiger partial charge in [-0.15, -0.1) is 0 Å². The third-order valence-corrected chi connectivity index (χ3v) is 4.84. The van der Waals surface area contributed by atoms with Crippen molar-refractivity contribution in [3.63, 3.8) is 0 Å². The fraction of sp³-hybridized carbons (Fsp3) is 0.238. The van der Waals surface area contributed by atoms with E-state index in [2.05, 4.69) is 15.4 Å². The van der Waals surface area contributed by atoms with Crippen molar-refractivity contribution in [2.75, 3.05) is 5.01 Å². The number of carbonyl (C=O) groups is 2. The molecule has 28 heavy (non-hydrogen) atoms. The molecule has 0 saturated carbocycles. The summed E-state index contributed by atoms with van der Waals surface area (Å²) >= 11 is 0. The van der Waals surface area contributed by atoms with E-state index in [0.29, 0.717) is 18.7 Å². The number of aromatic nitrogens is 2. The van der Waals surface area contributed by atoms with Crippen LogP contribution in [0.4, 0.5) is 5.69 Å². The monoisotopic (exact) mass is 375 g/mol. The maximum Gasteiger partial charge on any atom is 0.267 e. The number of carbonyl (C=O) groups excluding carboxylic acids is 2. The number of para-hydroxylation sites is 1. The first-order chi connectivity index (χ1) is 13.5. The number of nitrogens with zero attached hydrogens (tertiary/aromatic N) is 4. The Labute approximate surface area is 162 Å². The number of imidazole rings is 1. The molecule has 0 radical (unpaired) electrons. The number of fused-ring (bicyclic) bond motifs is 1. The van der Waals surface area contributed by atoms with Crippen LogP contribution < -0.4 is 10.3 Å². The van der Waals surface area contributed by atoms with Gasteiger partial charge in [0, 0.05) is 18.3 Å². The molecule has 1 aliphatic rings. The maximum atomic E-state index is 12.6. The lowest BCUT2D eigenvalue weighted by Gasteiger charge is -2.20. The smallest absolute Gasteiger partial charge is 0.267 e. The summed E-state index contributed by atoms with van der Waals surface area (Å²) in [5.74, 6) is -0.301. The van der Waals surface area contributed by atoms with Gasteiger partial charge in [-0.25, -0.2) is 4.98 Å². The van der Waals surface area contributed by atoms with E-state index in [1.807, 2.05) is 66.1 Å². The Morgan fingerprint density at radius 1 is 1.14 bits per heavy atom. The van der Waals surface area contributed by atoms with Crippen LogP contribution in [0.3, 0.4) is 0 Å². The standard InChI is InChI=1S/C21H21N5O2/c1-14-7-6-10-20-23-16(13-25(14)20)12-22-21(28)18-11-19(15(2)27)26(24-18)17-8-4-3-5-9-17/h3-10,13,19H,11-12H2,1-2H3,(H,22,28). The molecule has 0 spiro atoms. The molecule has 1 aliphatic heterocycles. The number of ketones is 1. The second kappa shape index (κ2) is 7.26. The zero-order valence-electron chi connectivity index (χ0n) is 15.8. The molecule has 142 valence electrons. The minimum absolute atomic E-state index is 0.0220. The lowest BCUT2D eigenvalue weighted by Crippen LogP contribution is -2.34. The van der Waals surface area contributed by atoms with Crippen molar-refractivity contribution in [3.05, 3.63) is 66.1 Å². The minimum Gasteiger partial charge on any atom is -0.345 e. The third-order valence-electron chi connectivity index (χ3n) is 4.84. The van der Waals surface area contributed by atoms with E-state index < -0.39 is 6.04 Å². The van der Waals surface area contributed by atoms with E-state index in [0.717, 1.165) is 22.7 Å². The molecule has 7 nitrogen and oxygen atoms in total. The van der Waals surface area contributed by atoms with Crippen LogP contribution in [-0.2, 0) is 16.1 Å². The number of hydrogen-bond donors (Lipinski definition) is 1. The second-order valence-electron chi connectivity index (χ2n) is 6.87. The number of benzene rings is 1. The van der Waals surface area contributed by atoms with Crippen LogP contribution in [0.25, 0.3) is 5.65 Å². The highest BCUT2D eigenvalue weighted by molar-refractivity contribution is 6.40. The van der Waals surface area contributed by atoms with E-state index in [-0.39, 0.29) is 11.7 Å². The van der Waals surface area contributed by atoms with Gasteiger partial charge in [0.25, 0.3) is 5.91 Å². The van der Waals surface area contributed by atoms with Crippen LogP contribution in [0.5, 0.6) is 0 Å². The number of amides is 1. The lowest BCUT2D eigenvalue weighted by atomic mass is 10.1. The Balaban J connectivity index is 1.49. The van der Waals surface area contributed by atoms with Gasteiger partial charge >= 0.3 is 0 Å². The zero-order chi connectivity index (χ0) is 19.7. The van der Waals surface area contributed by atoms with Crippen molar-refractivity contribution in [1.82, 2.24) is 14.7 Å². The summed E-state index contributed by atoms with van der Waals surface area (Å²) < 4.78 is 1.98. The van der Waals surface area contributed by atoms with Crippen LogP contribution in [0, 0.1) is 6.92 Å². The molecule has 3 aromatic rings. The van der Waals surface area contributed by atoms with E-state index >= 15 is 0 Å². The number of Topliss-reactive ketones (excluding diaryl/α,β-unsaturated/α-hetero) is 1. The number of hydrogen-bond acceptors (Lipinski definition) is 5. The van der Waals surface area contributed by atoms with Gasteiger partial charge in [-0.1, -0.05) is 24.3 Å². The quantitative estimate of drug-likeness (QED) is 0.743. The van der Waals surface area contributed by atoms with E-state index in [9.17, 15) is 9.59 Å². The molecule has 4 rings (SSSR count). The number of rotatable bonds is 5. The number of aryl methyl sites for hydroxylation is 1. The first kappa shape index (κ1) is 17.9. The molecule has 0 aliphatic carbocycles. The molecule has 1 atom stereocenters. The summed E-state index contributed by atoms with van der Waals surface area (Å²) in [7, 11) is 0. The van der Waals surface area contributed by atoms with Gasteiger partial charge in [0.1, 0.15) is 17.4 Å². The fourth-order valence-corrected chi connectivity index (χ4v) is 3.34. The molecule has 7 heteroatoms. The van der Waals surface area contributed by atoms with Crippen molar-refractivity contribution in [2.45, 2.75) is 32.9 Å². The van der Waals surface area contributed by atoms with E-state index in [4.69, 9.17) is 0 Å². The highest BCUT2D eigenvalue weighted by Gasteiger charge is 2.34. The predicted octanol–water partition coefficient (Wildman–Crippen LogP) is 2.48. The summed E-state index contributed by atoms with van der Waals surface area (Å²) in [5.41, 5.74) is 3.83. The van der Waals surface area contributed by atoms with Crippen molar-refractivity contribution in [2.24, 2.45) is 5.10 Å². The van der Waals surface area contributed by atoms with Crippen LogP contribution in [-0.4, -0.2) is 32.8 Å². The molecule has 0 fully saturated rings. The first-order valence-electron chi connectivity index (χ1n) is 9.17. The summed E-state index contributed by atoms with van der Waals surface area (Å²) in [4.78, 5) is 29.2. The second-order valence-corrected chi connectivity index (χ2v) is 6.87. The zero-order valence-corrected chi connectivity index (χ0v) is 15.8. The van der Waals surface area contributed by atoms with Crippen LogP contribution in [0.2, 0.25) is 0 Å². The fourth-order valence-electron chi connectivity index (χ4n) is 3.34.